The van der Waals surface area contributed by atoms with Gasteiger partial charge in [0, 0.05) is 25.6 Å². The van der Waals surface area contributed by atoms with Gasteiger partial charge in [-0.25, -0.2) is 9.59 Å². The van der Waals surface area contributed by atoms with Gasteiger partial charge in [0.25, 0.3) is 0 Å². The number of esters is 1. The molecule has 2 amide bonds. The number of rotatable bonds is 14. The van der Waals surface area contributed by atoms with Crippen LogP contribution in [0, 0.1) is 0 Å². The molecule has 0 aromatic rings. The maximum Gasteiger partial charge on any atom is 0.407 e. The first-order valence-electron chi connectivity index (χ1n) is 8.49. The van der Waals surface area contributed by atoms with E-state index in [9.17, 15) is 14.4 Å². The quantitative estimate of drug-likeness (QED) is 0.277. The largest absolute Gasteiger partial charge is 0.460 e. The molecular weight excluding hydrogens is 328 g/mol. The number of carbonyl (C=O) groups is 3. The Morgan fingerprint density at radius 2 is 1.36 bits per heavy atom. The lowest BCUT2D eigenvalue weighted by atomic mass is 10.2. The standard InChI is InChI=1S/C17H30N2O6/c1-14(2)16(21)24-12-10-23-11-13-25-17(22)19-9-7-5-4-6-8-18-15(3)20/h1,4-13H2,2-3H3,(H,18,20)(H,19,22). The average Bonchev–Trinajstić information content (AvgIpc) is 2.55. The van der Waals surface area contributed by atoms with Crippen LogP contribution in [0.3, 0.4) is 0 Å². The third-order valence-electron chi connectivity index (χ3n) is 3.02. The van der Waals surface area contributed by atoms with E-state index in [0.717, 1.165) is 25.7 Å². The molecule has 0 aromatic carbocycles. The van der Waals surface area contributed by atoms with Gasteiger partial charge in [-0.05, 0) is 19.8 Å². The SMILES string of the molecule is C=C(C)C(=O)OCCOCCOC(=O)NCCCCCCNC(C)=O. The van der Waals surface area contributed by atoms with E-state index in [1.165, 1.54) is 6.92 Å². The summed E-state index contributed by atoms with van der Waals surface area (Å²) in [5.74, 6) is -0.462. The molecule has 0 radical (unpaired) electrons. The van der Waals surface area contributed by atoms with Gasteiger partial charge in [-0.3, -0.25) is 4.79 Å². The Morgan fingerprint density at radius 1 is 0.800 bits per heavy atom. The Bertz CT molecular complexity index is 425. The second-order valence-corrected chi connectivity index (χ2v) is 5.49. The third-order valence-corrected chi connectivity index (χ3v) is 3.02. The second-order valence-electron chi connectivity index (χ2n) is 5.49. The van der Waals surface area contributed by atoms with Crippen molar-refractivity contribution in [3.8, 4) is 0 Å². The van der Waals surface area contributed by atoms with E-state index in [0.29, 0.717) is 18.7 Å². The molecule has 0 saturated heterocycles. The third kappa shape index (κ3) is 16.5. The Hall–Kier alpha value is -2.09. The molecule has 0 fully saturated rings. The number of carbonyl (C=O) groups excluding carboxylic acids is 3. The van der Waals surface area contributed by atoms with Crippen LogP contribution in [0.15, 0.2) is 12.2 Å². The summed E-state index contributed by atoms with van der Waals surface area (Å²) < 4.78 is 14.9. The maximum atomic E-state index is 11.4. The average molecular weight is 358 g/mol. The molecule has 0 rings (SSSR count). The van der Waals surface area contributed by atoms with Crippen molar-refractivity contribution < 1.29 is 28.6 Å². The molecule has 8 heteroatoms. The van der Waals surface area contributed by atoms with Crippen molar-refractivity contribution in [3.63, 3.8) is 0 Å². The molecule has 0 aromatic heterocycles. The van der Waals surface area contributed by atoms with Crippen LogP contribution in [0.1, 0.15) is 39.5 Å². The molecule has 0 heterocycles. The molecule has 0 atom stereocenters. The molecule has 0 spiro atoms. The molecule has 144 valence electrons. The van der Waals surface area contributed by atoms with Crippen molar-refractivity contribution in [3.05, 3.63) is 12.2 Å². The van der Waals surface area contributed by atoms with Gasteiger partial charge in [0.1, 0.15) is 13.2 Å². The van der Waals surface area contributed by atoms with E-state index in [-0.39, 0.29) is 32.3 Å². The lowest BCUT2D eigenvalue weighted by molar-refractivity contribution is -0.140. The molecule has 8 nitrogen and oxygen atoms in total. The Balaban J connectivity index is 3.30. The van der Waals surface area contributed by atoms with Crippen LogP contribution in [0.25, 0.3) is 0 Å². The van der Waals surface area contributed by atoms with Gasteiger partial charge >= 0.3 is 12.1 Å². The lowest BCUT2D eigenvalue weighted by Gasteiger charge is -2.08. The number of hydrogen-bond donors (Lipinski definition) is 2. The highest BCUT2D eigenvalue weighted by Crippen LogP contribution is 1.98. The van der Waals surface area contributed by atoms with Gasteiger partial charge in [0.2, 0.25) is 5.91 Å². The fraction of sp³-hybridized carbons (Fsp3) is 0.706. The van der Waals surface area contributed by atoms with Crippen LogP contribution < -0.4 is 10.6 Å². The van der Waals surface area contributed by atoms with E-state index in [1.807, 2.05) is 0 Å². The normalized spacial score (nSPS) is 10.0. The van der Waals surface area contributed by atoms with Crippen molar-refractivity contribution in [2.24, 2.45) is 0 Å². The monoisotopic (exact) mass is 358 g/mol. The van der Waals surface area contributed by atoms with E-state index in [2.05, 4.69) is 17.2 Å². The number of alkyl carbamates (subject to hydrolysis) is 1. The lowest BCUT2D eigenvalue weighted by Crippen LogP contribution is -2.26. The zero-order valence-corrected chi connectivity index (χ0v) is 15.2. The van der Waals surface area contributed by atoms with Crippen LogP contribution in [0.2, 0.25) is 0 Å². The minimum Gasteiger partial charge on any atom is -0.460 e. The van der Waals surface area contributed by atoms with E-state index >= 15 is 0 Å². The van der Waals surface area contributed by atoms with Crippen LogP contribution in [0.5, 0.6) is 0 Å². The number of amides is 2. The van der Waals surface area contributed by atoms with Gasteiger partial charge in [0.05, 0.1) is 13.2 Å². The van der Waals surface area contributed by atoms with Crippen molar-refractivity contribution in [2.75, 3.05) is 39.5 Å². The molecule has 0 unspecified atom stereocenters. The van der Waals surface area contributed by atoms with Gasteiger partial charge in [-0.15, -0.1) is 0 Å². The van der Waals surface area contributed by atoms with E-state index in [4.69, 9.17) is 14.2 Å². The van der Waals surface area contributed by atoms with Crippen molar-refractivity contribution >= 4 is 18.0 Å². The molecule has 0 aliphatic rings. The molecule has 0 bridgehead atoms. The molecule has 0 aliphatic carbocycles. The van der Waals surface area contributed by atoms with Crippen LogP contribution in [-0.4, -0.2) is 57.5 Å². The number of nitrogens with one attached hydrogen (secondary N) is 2. The zero-order valence-electron chi connectivity index (χ0n) is 15.2. The Labute approximate surface area is 149 Å². The summed E-state index contributed by atoms with van der Waals surface area (Å²) >= 11 is 0. The summed E-state index contributed by atoms with van der Waals surface area (Å²) in [6, 6.07) is 0. The van der Waals surface area contributed by atoms with Gasteiger partial charge in [-0.2, -0.15) is 0 Å². The Morgan fingerprint density at radius 3 is 1.92 bits per heavy atom. The summed E-state index contributed by atoms with van der Waals surface area (Å²) in [6.07, 6.45) is 3.30. The fourth-order valence-electron chi connectivity index (χ4n) is 1.72. The Kier molecular flexibility index (Phi) is 14.1. The smallest absolute Gasteiger partial charge is 0.407 e. The van der Waals surface area contributed by atoms with Gasteiger partial charge in [0.15, 0.2) is 0 Å². The molecule has 0 saturated carbocycles. The van der Waals surface area contributed by atoms with Gasteiger partial charge in [-0.1, -0.05) is 19.4 Å². The number of unbranched alkanes of at least 4 members (excludes halogenated alkanes) is 3. The van der Waals surface area contributed by atoms with Crippen LogP contribution >= 0.6 is 0 Å². The van der Waals surface area contributed by atoms with Crippen molar-refractivity contribution in [1.29, 1.82) is 0 Å². The maximum absolute atomic E-state index is 11.4. The molecule has 0 aliphatic heterocycles. The number of hydrogen-bond acceptors (Lipinski definition) is 6. The first-order chi connectivity index (χ1) is 11.9. The minimum atomic E-state index is -0.476. The van der Waals surface area contributed by atoms with Crippen LogP contribution in [0.4, 0.5) is 4.79 Å². The highest BCUT2D eigenvalue weighted by atomic mass is 16.6. The summed E-state index contributed by atoms with van der Waals surface area (Å²) in [7, 11) is 0. The van der Waals surface area contributed by atoms with Gasteiger partial charge < -0.3 is 24.8 Å². The summed E-state index contributed by atoms with van der Waals surface area (Å²) in [5.41, 5.74) is 0.340. The predicted octanol–water partition coefficient (Wildman–Crippen LogP) is 1.54. The molecular formula is C17H30N2O6. The molecule has 25 heavy (non-hydrogen) atoms. The van der Waals surface area contributed by atoms with Crippen molar-refractivity contribution in [1.82, 2.24) is 10.6 Å². The van der Waals surface area contributed by atoms with Crippen LogP contribution in [-0.2, 0) is 23.8 Å². The van der Waals surface area contributed by atoms with Crippen molar-refractivity contribution in [2.45, 2.75) is 39.5 Å². The topological polar surface area (TPSA) is 103 Å². The first-order valence-corrected chi connectivity index (χ1v) is 8.49. The minimum absolute atomic E-state index is 0.0127. The summed E-state index contributed by atoms with van der Waals surface area (Å²) in [6.45, 7) is 8.53. The summed E-state index contributed by atoms with van der Waals surface area (Å²) in [5, 5.41) is 5.39. The predicted molar refractivity (Wildman–Crippen MR) is 93.1 cm³/mol. The van der Waals surface area contributed by atoms with E-state index in [1.54, 1.807) is 6.92 Å². The number of ether oxygens (including phenoxy) is 3. The summed E-state index contributed by atoms with van der Waals surface area (Å²) in [4.78, 5) is 33.1. The highest BCUT2D eigenvalue weighted by Gasteiger charge is 2.03. The van der Waals surface area contributed by atoms with E-state index < -0.39 is 12.1 Å². The first kappa shape index (κ1) is 22.9. The highest BCUT2D eigenvalue weighted by molar-refractivity contribution is 5.86. The zero-order chi connectivity index (χ0) is 18.9. The fourth-order valence-corrected chi connectivity index (χ4v) is 1.72. The molecule has 2 N–H and O–H groups in total. The second kappa shape index (κ2) is 15.4.